The van der Waals surface area contributed by atoms with Crippen molar-refractivity contribution < 1.29 is 0 Å². The van der Waals surface area contributed by atoms with E-state index in [1.807, 2.05) is 24.3 Å². The first-order valence-corrected chi connectivity index (χ1v) is 10.9. The van der Waals surface area contributed by atoms with Crippen LogP contribution in [-0.2, 0) is 0 Å². The highest BCUT2D eigenvalue weighted by Crippen LogP contribution is 2.49. The number of hydrogen-bond donors (Lipinski definition) is 0. The fourth-order valence-electron chi connectivity index (χ4n) is 5.32. The van der Waals surface area contributed by atoms with Gasteiger partial charge >= 0.3 is 0 Å². The highest BCUT2D eigenvalue weighted by Gasteiger charge is 2.45. The summed E-state index contributed by atoms with van der Waals surface area (Å²) in [6.45, 7) is 0. The first kappa shape index (κ1) is 18.3. The molecule has 5 rings (SSSR count). The molecule has 3 aromatic rings. The normalized spacial score (nSPS) is 24.8. The lowest BCUT2D eigenvalue weighted by Crippen LogP contribution is -2.45. The number of rotatable bonds is 4. The fourth-order valence-corrected chi connectivity index (χ4v) is 5.80. The quantitative estimate of drug-likeness (QED) is 0.461. The van der Waals surface area contributed by atoms with E-state index in [-0.39, 0.29) is 6.04 Å². The monoisotopic (exact) mass is 410 g/mol. The largest absolute Gasteiger partial charge is 0.351 e. The molecule has 2 unspecified atom stereocenters. The van der Waals surface area contributed by atoms with Crippen molar-refractivity contribution in [1.29, 1.82) is 0 Å². The lowest BCUT2D eigenvalue weighted by molar-refractivity contribution is 0.0774. The summed E-state index contributed by atoms with van der Waals surface area (Å²) in [7, 11) is 0. The zero-order chi connectivity index (χ0) is 19.1. The molecule has 0 aliphatic carbocycles. The standard InChI is InChI=1S/C24H24Cl2N2/c25-22-9-3-1-7-20(22)24(21-8-2-4-10-23(21)26)28-17-11-12-18(28)16-19(15-17)27-13-5-6-14-27/h1-10,13-14,17-19,24H,11-12,15-16H2. The Kier molecular flexibility index (Phi) is 4.96. The van der Waals surface area contributed by atoms with Gasteiger partial charge in [0.05, 0.1) is 6.04 Å². The molecule has 3 heterocycles. The Morgan fingerprint density at radius 2 is 1.18 bits per heavy atom. The molecule has 2 aromatic carbocycles. The molecule has 2 fully saturated rings. The van der Waals surface area contributed by atoms with Crippen molar-refractivity contribution in [1.82, 2.24) is 9.47 Å². The van der Waals surface area contributed by atoms with Crippen LogP contribution < -0.4 is 0 Å². The van der Waals surface area contributed by atoms with Gasteiger partial charge in [-0.05, 0) is 61.1 Å². The second kappa shape index (κ2) is 7.59. The fraction of sp³-hybridized carbons (Fsp3) is 0.333. The first-order valence-electron chi connectivity index (χ1n) is 10.1. The number of fused-ring (bicyclic) bond motifs is 2. The van der Waals surface area contributed by atoms with Crippen molar-refractivity contribution in [2.45, 2.75) is 49.9 Å². The number of nitrogens with zero attached hydrogens (tertiary/aromatic N) is 2. The van der Waals surface area contributed by atoms with Crippen LogP contribution in [0.2, 0.25) is 10.0 Å². The number of aromatic nitrogens is 1. The summed E-state index contributed by atoms with van der Waals surface area (Å²) in [5.74, 6) is 0. The lowest BCUT2D eigenvalue weighted by Gasteiger charge is -2.44. The summed E-state index contributed by atoms with van der Waals surface area (Å²) in [5, 5.41) is 1.64. The van der Waals surface area contributed by atoms with Gasteiger partial charge in [0.1, 0.15) is 0 Å². The molecule has 2 saturated heterocycles. The van der Waals surface area contributed by atoms with E-state index >= 15 is 0 Å². The van der Waals surface area contributed by atoms with Crippen LogP contribution >= 0.6 is 23.2 Å². The van der Waals surface area contributed by atoms with E-state index in [1.54, 1.807) is 0 Å². The van der Waals surface area contributed by atoms with Gasteiger partial charge in [-0.15, -0.1) is 0 Å². The van der Waals surface area contributed by atoms with Crippen molar-refractivity contribution >= 4 is 23.2 Å². The van der Waals surface area contributed by atoms with Crippen LogP contribution in [0.25, 0.3) is 0 Å². The average molecular weight is 411 g/mol. The molecule has 0 amide bonds. The molecular formula is C24H24Cl2N2. The molecule has 144 valence electrons. The number of hydrogen-bond acceptors (Lipinski definition) is 1. The maximum Gasteiger partial charge on any atom is 0.0636 e. The Morgan fingerprint density at radius 1 is 0.679 bits per heavy atom. The summed E-state index contributed by atoms with van der Waals surface area (Å²) in [5.41, 5.74) is 2.32. The Labute approximate surface area is 176 Å². The zero-order valence-corrected chi connectivity index (χ0v) is 17.2. The Hall–Kier alpha value is -1.74. The van der Waals surface area contributed by atoms with Gasteiger partial charge in [0.15, 0.2) is 0 Å². The van der Waals surface area contributed by atoms with Gasteiger partial charge in [-0.1, -0.05) is 59.6 Å². The number of halogens is 2. The Bertz CT molecular complexity index is 893. The zero-order valence-electron chi connectivity index (χ0n) is 15.7. The third-order valence-electron chi connectivity index (χ3n) is 6.51. The van der Waals surface area contributed by atoms with E-state index in [0.29, 0.717) is 18.1 Å². The van der Waals surface area contributed by atoms with Crippen molar-refractivity contribution in [3.8, 4) is 0 Å². The SMILES string of the molecule is Clc1ccccc1C(c1ccccc1Cl)N1C2CCC1CC(n1cccc1)C2. The summed E-state index contributed by atoms with van der Waals surface area (Å²) >= 11 is 13.4. The molecule has 2 aliphatic rings. The maximum atomic E-state index is 6.69. The summed E-state index contributed by atoms with van der Waals surface area (Å²) in [6.07, 6.45) is 9.26. The maximum absolute atomic E-state index is 6.69. The molecule has 0 saturated carbocycles. The van der Waals surface area contributed by atoms with Crippen molar-refractivity contribution in [2.24, 2.45) is 0 Å². The van der Waals surface area contributed by atoms with Gasteiger partial charge in [0.25, 0.3) is 0 Å². The van der Waals surface area contributed by atoms with Crippen LogP contribution in [0.5, 0.6) is 0 Å². The van der Waals surface area contributed by atoms with Crippen molar-refractivity contribution in [3.63, 3.8) is 0 Å². The third kappa shape index (κ3) is 3.18. The highest BCUT2D eigenvalue weighted by atomic mass is 35.5. The van der Waals surface area contributed by atoms with Gasteiger partial charge in [0.2, 0.25) is 0 Å². The molecule has 0 radical (unpaired) electrons. The Morgan fingerprint density at radius 3 is 1.68 bits per heavy atom. The van der Waals surface area contributed by atoms with Crippen LogP contribution in [0.4, 0.5) is 0 Å². The lowest BCUT2D eigenvalue weighted by atomic mass is 9.89. The van der Waals surface area contributed by atoms with Crippen LogP contribution in [-0.4, -0.2) is 21.6 Å². The predicted molar refractivity (Wildman–Crippen MR) is 116 cm³/mol. The molecule has 28 heavy (non-hydrogen) atoms. The topological polar surface area (TPSA) is 8.17 Å². The number of benzene rings is 2. The van der Waals surface area contributed by atoms with E-state index < -0.39 is 0 Å². The van der Waals surface area contributed by atoms with E-state index in [9.17, 15) is 0 Å². The molecule has 1 aromatic heterocycles. The molecule has 2 nitrogen and oxygen atoms in total. The summed E-state index contributed by atoms with van der Waals surface area (Å²) in [4.78, 5) is 2.71. The summed E-state index contributed by atoms with van der Waals surface area (Å²) < 4.78 is 2.39. The van der Waals surface area contributed by atoms with Crippen LogP contribution in [0.3, 0.4) is 0 Å². The van der Waals surface area contributed by atoms with E-state index in [0.717, 1.165) is 21.2 Å². The molecular weight excluding hydrogens is 387 g/mol. The van der Waals surface area contributed by atoms with Gasteiger partial charge in [-0.2, -0.15) is 0 Å². The second-order valence-corrected chi connectivity index (χ2v) is 8.85. The van der Waals surface area contributed by atoms with Crippen LogP contribution in [0.15, 0.2) is 73.1 Å². The van der Waals surface area contributed by atoms with Gasteiger partial charge in [-0.25, -0.2) is 0 Å². The predicted octanol–water partition coefficient (Wildman–Crippen LogP) is 6.75. The molecule has 2 atom stereocenters. The second-order valence-electron chi connectivity index (χ2n) is 8.03. The number of piperidine rings is 1. The van der Waals surface area contributed by atoms with E-state index in [1.165, 1.54) is 25.7 Å². The average Bonchev–Trinajstić information content (AvgIpc) is 3.32. The van der Waals surface area contributed by atoms with Gasteiger partial charge in [-0.3, -0.25) is 4.90 Å². The molecule has 0 N–H and O–H groups in total. The minimum atomic E-state index is 0.102. The molecule has 0 spiro atoms. The highest BCUT2D eigenvalue weighted by molar-refractivity contribution is 6.32. The van der Waals surface area contributed by atoms with Crippen molar-refractivity contribution in [2.75, 3.05) is 0 Å². The minimum Gasteiger partial charge on any atom is -0.351 e. The van der Waals surface area contributed by atoms with E-state index in [2.05, 4.69) is 58.3 Å². The van der Waals surface area contributed by atoms with Crippen LogP contribution in [0, 0.1) is 0 Å². The Balaban J connectivity index is 1.56. The van der Waals surface area contributed by atoms with Crippen LogP contribution in [0.1, 0.15) is 48.9 Å². The minimum absolute atomic E-state index is 0.102. The molecule has 2 bridgehead atoms. The van der Waals surface area contributed by atoms with E-state index in [4.69, 9.17) is 23.2 Å². The van der Waals surface area contributed by atoms with Gasteiger partial charge in [0, 0.05) is 40.6 Å². The molecule has 4 heteroatoms. The van der Waals surface area contributed by atoms with Gasteiger partial charge < -0.3 is 4.57 Å². The first-order chi connectivity index (χ1) is 13.7. The van der Waals surface area contributed by atoms with Crippen molar-refractivity contribution in [3.05, 3.63) is 94.2 Å². The summed E-state index contributed by atoms with van der Waals surface area (Å²) in [6, 6.07) is 22.5. The third-order valence-corrected chi connectivity index (χ3v) is 7.20. The smallest absolute Gasteiger partial charge is 0.0636 e. The molecule has 2 aliphatic heterocycles.